The molecule has 1 aliphatic carbocycles. The molecule has 8 nitrogen and oxygen atoms in total. The molecule has 1 saturated carbocycles. The summed E-state index contributed by atoms with van der Waals surface area (Å²) >= 11 is 0. The Bertz CT molecular complexity index is 1190. The summed E-state index contributed by atoms with van der Waals surface area (Å²) in [5.41, 5.74) is 0.152. The van der Waals surface area contributed by atoms with Gasteiger partial charge < -0.3 is 14.4 Å². The average molecular weight is 487 g/mol. The van der Waals surface area contributed by atoms with Crippen LogP contribution < -0.4 is 4.74 Å². The van der Waals surface area contributed by atoms with Crippen LogP contribution in [0.25, 0.3) is 5.69 Å². The lowest BCUT2D eigenvalue weighted by molar-refractivity contribution is -0.137. The highest BCUT2D eigenvalue weighted by atomic mass is 19.4. The van der Waals surface area contributed by atoms with Crippen molar-refractivity contribution >= 4 is 5.91 Å². The van der Waals surface area contributed by atoms with Gasteiger partial charge in [0, 0.05) is 19.4 Å². The van der Waals surface area contributed by atoms with Crippen molar-refractivity contribution in [1.29, 1.82) is 0 Å². The van der Waals surface area contributed by atoms with Crippen LogP contribution in [-0.4, -0.2) is 62.2 Å². The molecule has 2 aromatic heterocycles. The average Bonchev–Trinajstić information content (AvgIpc) is 3.59. The second-order valence-electron chi connectivity index (χ2n) is 8.82. The maximum absolute atomic E-state index is 13.9. The Kier molecular flexibility index (Phi) is 5.96. The number of aromatic nitrogens is 4. The molecule has 3 aromatic rings. The number of para-hydroxylation sites is 1. The second kappa shape index (κ2) is 8.95. The molecule has 2 fully saturated rings. The number of carbonyl (C=O) groups is 1. The number of carbonyl (C=O) groups excluding carboxylic acids is 1. The van der Waals surface area contributed by atoms with E-state index < -0.39 is 17.8 Å². The van der Waals surface area contributed by atoms with Gasteiger partial charge in [-0.05, 0) is 43.9 Å². The quantitative estimate of drug-likeness (QED) is 0.527. The van der Waals surface area contributed by atoms with E-state index in [2.05, 4.69) is 15.2 Å². The molecule has 5 atom stereocenters. The number of pyridine rings is 1. The maximum Gasteiger partial charge on any atom is 0.417 e. The van der Waals surface area contributed by atoms with Crippen molar-refractivity contribution in [1.82, 2.24) is 24.9 Å². The molecule has 35 heavy (non-hydrogen) atoms. The van der Waals surface area contributed by atoms with Crippen LogP contribution in [0.5, 0.6) is 5.88 Å². The first kappa shape index (κ1) is 23.3. The fourth-order valence-corrected chi connectivity index (χ4v) is 5.28. The standard InChI is InChI=1S/C24H24F3N5O3/c1-14(34-2)22-15-11-19(20(12-15)35-21-8-7-16(13-28-21)24(25,26)27)31(22)23(33)17-5-3-4-6-18(17)32-29-9-10-30-32/h3-10,13-15,19-20,22H,11-12H2,1-2H3. The molecule has 184 valence electrons. The van der Waals surface area contributed by atoms with Crippen molar-refractivity contribution in [3.05, 3.63) is 66.1 Å². The van der Waals surface area contributed by atoms with E-state index in [-0.39, 0.29) is 35.9 Å². The molecule has 2 bridgehead atoms. The minimum atomic E-state index is -4.47. The van der Waals surface area contributed by atoms with Crippen molar-refractivity contribution in [3.8, 4) is 11.6 Å². The number of halogens is 3. The Morgan fingerprint density at radius 3 is 2.51 bits per heavy atom. The zero-order chi connectivity index (χ0) is 24.7. The number of hydrogen-bond donors (Lipinski definition) is 0. The van der Waals surface area contributed by atoms with Gasteiger partial charge in [-0.25, -0.2) is 4.98 Å². The van der Waals surface area contributed by atoms with E-state index in [0.717, 1.165) is 12.3 Å². The van der Waals surface area contributed by atoms with Crippen LogP contribution in [0.2, 0.25) is 0 Å². The molecular formula is C24H24F3N5O3. The SMILES string of the molecule is COC(C)C1C2CC(Oc3ccc(C(F)(F)F)cn3)C(C2)N1C(=O)c1ccccc1-n1nccn1. The molecular weight excluding hydrogens is 463 g/mol. The summed E-state index contributed by atoms with van der Waals surface area (Å²) < 4.78 is 50.3. The zero-order valence-electron chi connectivity index (χ0n) is 19.1. The second-order valence-corrected chi connectivity index (χ2v) is 8.82. The molecule has 11 heteroatoms. The highest BCUT2D eigenvalue weighted by molar-refractivity contribution is 5.98. The number of nitrogens with zero attached hydrogens (tertiary/aromatic N) is 5. The molecule has 1 saturated heterocycles. The van der Waals surface area contributed by atoms with Crippen molar-refractivity contribution in [3.63, 3.8) is 0 Å². The first-order valence-corrected chi connectivity index (χ1v) is 11.3. The Hall–Kier alpha value is -3.47. The fourth-order valence-electron chi connectivity index (χ4n) is 5.28. The van der Waals surface area contributed by atoms with Gasteiger partial charge in [0.05, 0.1) is 47.4 Å². The van der Waals surface area contributed by atoms with Gasteiger partial charge in [-0.2, -0.15) is 28.2 Å². The lowest BCUT2D eigenvalue weighted by atomic mass is 9.92. The molecule has 1 aliphatic heterocycles. The summed E-state index contributed by atoms with van der Waals surface area (Å²) in [6.45, 7) is 1.93. The lowest BCUT2D eigenvalue weighted by Gasteiger charge is -2.41. The number of ether oxygens (including phenoxy) is 2. The van der Waals surface area contributed by atoms with Crippen LogP contribution in [-0.2, 0) is 10.9 Å². The molecule has 0 radical (unpaired) electrons. The summed E-state index contributed by atoms with van der Waals surface area (Å²) in [4.78, 5) is 21.0. The van der Waals surface area contributed by atoms with Crippen LogP contribution in [0.15, 0.2) is 55.0 Å². The highest BCUT2D eigenvalue weighted by Crippen LogP contribution is 2.46. The summed E-state index contributed by atoms with van der Waals surface area (Å²) in [6.07, 6.45) is 0.106. The van der Waals surface area contributed by atoms with Gasteiger partial charge in [0.25, 0.3) is 5.91 Å². The minimum absolute atomic E-state index is 0.0976. The van der Waals surface area contributed by atoms with E-state index in [0.29, 0.717) is 24.1 Å². The largest absolute Gasteiger partial charge is 0.472 e. The predicted octanol–water partition coefficient (Wildman–Crippen LogP) is 3.77. The maximum atomic E-state index is 13.9. The normalized spacial score (nSPS) is 24.5. The summed E-state index contributed by atoms with van der Waals surface area (Å²) in [5, 5.41) is 8.33. The smallest absolute Gasteiger partial charge is 0.417 e. The first-order chi connectivity index (χ1) is 16.8. The number of amides is 1. The molecule has 5 rings (SSSR count). The van der Waals surface area contributed by atoms with Crippen LogP contribution in [0.1, 0.15) is 35.7 Å². The molecule has 1 aromatic carbocycles. The highest BCUT2D eigenvalue weighted by Gasteiger charge is 2.56. The van der Waals surface area contributed by atoms with Gasteiger partial charge in [-0.1, -0.05) is 12.1 Å². The topological polar surface area (TPSA) is 82.4 Å². The van der Waals surface area contributed by atoms with E-state index >= 15 is 0 Å². The Morgan fingerprint density at radius 1 is 1.11 bits per heavy atom. The van der Waals surface area contributed by atoms with Crippen LogP contribution in [0, 0.1) is 5.92 Å². The number of fused-ring (bicyclic) bond motifs is 2. The van der Waals surface area contributed by atoms with Crippen LogP contribution in [0.3, 0.4) is 0 Å². The van der Waals surface area contributed by atoms with Gasteiger partial charge in [0.2, 0.25) is 5.88 Å². The third kappa shape index (κ3) is 4.24. The van der Waals surface area contributed by atoms with Gasteiger partial charge in [-0.3, -0.25) is 4.79 Å². The van der Waals surface area contributed by atoms with Gasteiger partial charge in [0.15, 0.2) is 0 Å². The molecule has 5 unspecified atom stereocenters. The summed E-state index contributed by atoms with van der Waals surface area (Å²) in [6, 6.07) is 8.81. The number of rotatable bonds is 6. The van der Waals surface area contributed by atoms with Crippen molar-refractivity contribution < 1.29 is 27.4 Å². The zero-order valence-corrected chi connectivity index (χ0v) is 19.1. The number of alkyl halides is 3. The van der Waals surface area contributed by atoms with Crippen molar-refractivity contribution in [2.24, 2.45) is 5.92 Å². The Balaban J connectivity index is 1.44. The van der Waals surface area contributed by atoms with Gasteiger partial charge in [-0.15, -0.1) is 0 Å². The van der Waals surface area contributed by atoms with Gasteiger partial charge >= 0.3 is 6.18 Å². The number of methoxy groups -OCH3 is 1. The number of benzene rings is 1. The number of likely N-dealkylation sites (tertiary alicyclic amines) is 1. The van der Waals surface area contributed by atoms with E-state index in [9.17, 15) is 18.0 Å². The molecule has 2 aliphatic rings. The Labute approximate surface area is 199 Å². The van der Waals surface area contributed by atoms with E-state index in [1.54, 1.807) is 30.2 Å². The Morgan fingerprint density at radius 2 is 1.86 bits per heavy atom. The third-order valence-corrected chi connectivity index (χ3v) is 6.86. The number of hydrogen-bond acceptors (Lipinski definition) is 6. The van der Waals surface area contributed by atoms with Crippen LogP contribution in [0.4, 0.5) is 13.2 Å². The minimum Gasteiger partial charge on any atom is -0.472 e. The van der Waals surface area contributed by atoms with Crippen LogP contribution >= 0.6 is 0 Å². The van der Waals surface area contributed by atoms with E-state index in [1.807, 2.05) is 13.0 Å². The molecule has 1 amide bonds. The lowest BCUT2D eigenvalue weighted by Crippen LogP contribution is -2.56. The summed E-state index contributed by atoms with van der Waals surface area (Å²) in [7, 11) is 1.61. The van der Waals surface area contributed by atoms with E-state index in [1.165, 1.54) is 23.3 Å². The first-order valence-electron chi connectivity index (χ1n) is 11.3. The third-order valence-electron chi connectivity index (χ3n) is 6.86. The van der Waals surface area contributed by atoms with Gasteiger partial charge in [0.1, 0.15) is 6.10 Å². The summed E-state index contributed by atoms with van der Waals surface area (Å²) in [5.74, 6) is 0.0155. The molecule has 3 heterocycles. The predicted molar refractivity (Wildman–Crippen MR) is 118 cm³/mol. The molecule has 0 spiro atoms. The van der Waals surface area contributed by atoms with Crippen molar-refractivity contribution in [2.45, 2.75) is 50.2 Å². The number of piperidine rings is 1. The molecule has 0 N–H and O–H groups in total. The van der Waals surface area contributed by atoms with Crippen molar-refractivity contribution in [2.75, 3.05) is 7.11 Å². The van der Waals surface area contributed by atoms with E-state index in [4.69, 9.17) is 9.47 Å². The monoisotopic (exact) mass is 487 g/mol. The fraction of sp³-hybridized carbons (Fsp3) is 0.417.